The Labute approximate surface area is 114 Å². The van der Waals surface area contributed by atoms with Crippen molar-refractivity contribution in [2.75, 3.05) is 7.11 Å². The number of phenols is 1. The lowest BCUT2D eigenvalue weighted by atomic mass is 10.2. The Balaban J connectivity index is 2.32. The maximum absolute atomic E-state index is 12.9. The SMILES string of the molecule is COc1ccc(O)c(C=Nc2ccc(F)cc2Cl)c1. The van der Waals surface area contributed by atoms with Crippen molar-refractivity contribution in [1.29, 1.82) is 0 Å². The van der Waals surface area contributed by atoms with Crippen molar-refractivity contribution in [2.45, 2.75) is 0 Å². The standard InChI is InChI=1S/C14H11ClFNO2/c1-19-11-3-5-14(18)9(6-11)8-17-13-4-2-10(16)7-12(13)15/h2-8,18H,1H3. The molecule has 0 atom stereocenters. The predicted molar refractivity (Wildman–Crippen MR) is 73.3 cm³/mol. The number of halogens is 2. The number of benzene rings is 2. The molecule has 0 unspecified atom stereocenters. The van der Waals surface area contributed by atoms with Gasteiger partial charge in [0.2, 0.25) is 0 Å². The summed E-state index contributed by atoms with van der Waals surface area (Å²) >= 11 is 5.85. The van der Waals surface area contributed by atoms with E-state index >= 15 is 0 Å². The monoisotopic (exact) mass is 279 g/mol. The van der Waals surface area contributed by atoms with Gasteiger partial charge in [0.1, 0.15) is 17.3 Å². The van der Waals surface area contributed by atoms with Gasteiger partial charge in [-0.15, -0.1) is 0 Å². The minimum Gasteiger partial charge on any atom is -0.507 e. The second kappa shape index (κ2) is 5.71. The van der Waals surface area contributed by atoms with Crippen LogP contribution in [0.5, 0.6) is 11.5 Å². The highest BCUT2D eigenvalue weighted by Gasteiger charge is 2.02. The number of rotatable bonds is 3. The first-order chi connectivity index (χ1) is 9.10. The number of hydrogen-bond acceptors (Lipinski definition) is 3. The third-order valence-corrected chi connectivity index (χ3v) is 2.79. The van der Waals surface area contributed by atoms with Crippen LogP contribution in [0.25, 0.3) is 0 Å². The molecule has 0 saturated heterocycles. The highest BCUT2D eigenvalue weighted by molar-refractivity contribution is 6.33. The molecule has 98 valence electrons. The molecule has 0 aliphatic rings. The fraction of sp³-hybridized carbons (Fsp3) is 0.0714. The van der Waals surface area contributed by atoms with E-state index in [2.05, 4.69) is 4.99 Å². The van der Waals surface area contributed by atoms with Crippen molar-refractivity contribution in [3.8, 4) is 11.5 Å². The van der Waals surface area contributed by atoms with E-state index in [1.807, 2.05) is 0 Å². The number of phenolic OH excluding ortho intramolecular Hbond substituents is 1. The normalized spacial score (nSPS) is 10.9. The van der Waals surface area contributed by atoms with Crippen LogP contribution in [0.1, 0.15) is 5.56 Å². The van der Waals surface area contributed by atoms with E-state index in [4.69, 9.17) is 16.3 Å². The molecule has 0 aromatic heterocycles. The van der Waals surface area contributed by atoms with Crippen LogP contribution in [0.4, 0.5) is 10.1 Å². The zero-order valence-electron chi connectivity index (χ0n) is 10.1. The molecule has 0 amide bonds. The fourth-order valence-corrected chi connectivity index (χ4v) is 1.70. The van der Waals surface area contributed by atoms with Gasteiger partial charge in [0.15, 0.2) is 0 Å². The Morgan fingerprint density at radius 2 is 2.05 bits per heavy atom. The first-order valence-electron chi connectivity index (χ1n) is 5.46. The van der Waals surface area contributed by atoms with Crippen molar-refractivity contribution in [2.24, 2.45) is 4.99 Å². The predicted octanol–water partition coefficient (Wildman–Crippen LogP) is 3.94. The molecule has 0 aliphatic heterocycles. The number of nitrogens with zero attached hydrogens (tertiary/aromatic N) is 1. The molecule has 2 aromatic rings. The summed E-state index contributed by atoms with van der Waals surface area (Å²) in [5, 5.41) is 9.89. The van der Waals surface area contributed by atoms with Crippen LogP contribution in [0, 0.1) is 5.82 Å². The van der Waals surface area contributed by atoms with Crippen LogP contribution < -0.4 is 4.74 Å². The second-order valence-corrected chi connectivity index (χ2v) is 4.19. The van der Waals surface area contributed by atoms with Crippen molar-refractivity contribution in [3.05, 3.63) is 52.8 Å². The zero-order valence-corrected chi connectivity index (χ0v) is 10.9. The van der Waals surface area contributed by atoms with Gasteiger partial charge >= 0.3 is 0 Å². The summed E-state index contributed by atoms with van der Waals surface area (Å²) in [7, 11) is 1.53. The molecular formula is C14H11ClFNO2. The van der Waals surface area contributed by atoms with Crippen LogP contribution >= 0.6 is 11.6 Å². The summed E-state index contributed by atoms with van der Waals surface area (Å²) in [4.78, 5) is 4.11. The van der Waals surface area contributed by atoms with Crippen molar-refractivity contribution in [3.63, 3.8) is 0 Å². The maximum atomic E-state index is 12.9. The summed E-state index contributed by atoms with van der Waals surface area (Å²) < 4.78 is 17.9. The molecule has 0 fully saturated rings. The zero-order chi connectivity index (χ0) is 13.8. The average molecular weight is 280 g/mol. The molecule has 19 heavy (non-hydrogen) atoms. The lowest BCUT2D eigenvalue weighted by Crippen LogP contribution is -1.87. The molecule has 1 N–H and O–H groups in total. The number of methoxy groups -OCH3 is 1. The highest BCUT2D eigenvalue weighted by atomic mass is 35.5. The first-order valence-corrected chi connectivity index (χ1v) is 5.84. The molecule has 2 rings (SSSR count). The number of hydrogen-bond donors (Lipinski definition) is 1. The minimum absolute atomic E-state index is 0.0720. The Kier molecular flexibility index (Phi) is 4.02. The average Bonchev–Trinajstić information content (AvgIpc) is 2.39. The summed E-state index contributed by atoms with van der Waals surface area (Å²) in [5.41, 5.74) is 0.907. The van der Waals surface area contributed by atoms with Gasteiger partial charge < -0.3 is 9.84 Å². The molecular weight excluding hydrogens is 269 g/mol. The third-order valence-electron chi connectivity index (χ3n) is 2.49. The van der Waals surface area contributed by atoms with E-state index in [1.165, 1.54) is 37.6 Å². The van der Waals surface area contributed by atoms with E-state index in [-0.39, 0.29) is 10.8 Å². The summed E-state index contributed by atoms with van der Waals surface area (Å²) in [6.45, 7) is 0. The molecule has 0 spiro atoms. The van der Waals surface area contributed by atoms with Gasteiger partial charge in [-0.25, -0.2) is 4.39 Å². The van der Waals surface area contributed by atoms with Gasteiger partial charge in [0, 0.05) is 11.8 Å². The van der Waals surface area contributed by atoms with Crippen LogP contribution in [0.3, 0.4) is 0 Å². The van der Waals surface area contributed by atoms with Crippen molar-refractivity contribution in [1.82, 2.24) is 0 Å². The molecule has 0 radical (unpaired) electrons. The lowest BCUT2D eigenvalue weighted by Gasteiger charge is -2.03. The van der Waals surface area contributed by atoms with E-state index in [9.17, 15) is 9.50 Å². The molecule has 0 aliphatic carbocycles. The van der Waals surface area contributed by atoms with Crippen LogP contribution in [-0.4, -0.2) is 18.4 Å². The van der Waals surface area contributed by atoms with Gasteiger partial charge in [-0.1, -0.05) is 11.6 Å². The van der Waals surface area contributed by atoms with Gasteiger partial charge in [-0.2, -0.15) is 0 Å². The van der Waals surface area contributed by atoms with Crippen molar-refractivity contribution < 1.29 is 14.2 Å². The molecule has 0 saturated carbocycles. The first kappa shape index (κ1) is 13.4. The van der Waals surface area contributed by atoms with Gasteiger partial charge in [0.25, 0.3) is 0 Å². The van der Waals surface area contributed by atoms with E-state index in [1.54, 1.807) is 12.1 Å². The van der Waals surface area contributed by atoms with Crippen LogP contribution in [0.15, 0.2) is 41.4 Å². The molecule has 2 aromatic carbocycles. The van der Waals surface area contributed by atoms with Gasteiger partial charge in [-0.3, -0.25) is 4.99 Å². The summed E-state index contributed by atoms with van der Waals surface area (Å²) in [6, 6.07) is 8.69. The molecule has 0 heterocycles. The molecule has 0 bridgehead atoms. The Bertz CT molecular complexity index is 629. The lowest BCUT2D eigenvalue weighted by molar-refractivity contribution is 0.412. The topological polar surface area (TPSA) is 41.8 Å². The van der Waals surface area contributed by atoms with E-state index in [0.29, 0.717) is 17.0 Å². The molecule has 5 heteroatoms. The van der Waals surface area contributed by atoms with Crippen LogP contribution in [0.2, 0.25) is 5.02 Å². The summed E-state index contributed by atoms with van der Waals surface area (Å²) in [6.07, 6.45) is 1.44. The smallest absolute Gasteiger partial charge is 0.124 e. The van der Waals surface area contributed by atoms with Gasteiger partial charge in [0.05, 0.1) is 17.8 Å². The Morgan fingerprint density at radius 1 is 1.26 bits per heavy atom. The Hall–Kier alpha value is -2.07. The maximum Gasteiger partial charge on any atom is 0.124 e. The third kappa shape index (κ3) is 3.23. The van der Waals surface area contributed by atoms with E-state index in [0.717, 1.165) is 0 Å². The largest absolute Gasteiger partial charge is 0.507 e. The Morgan fingerprint density at radius 3 is 2.74 bits per heavy atom. The molecule has 3 nitrogen and oxygen atoms in total. The fourth-order valence-electron chi connectivity index (χ4n) is 1.49. The summed E-state index contributed by atoms with van der Waals surface area (Å²) in [5.74, 6) is 0.250. The van der Waals surface area contributed by atoms with Gasteiger partial charge in [-0.05, 0) is 36.4 Å². The number of ether oxygens (including phenoxy) is 1. The van der Waals surface area contributed by atoms with Crippen LogP contribution in [-0.2, 0) is 0 Å². The number of aromatic hydroxyl groups is 1. The second-order valence-electron chi connectivity index (χ2n) is 3.78. The minimum atomic E-state index is -0.423. The highest BCUT2D eigenvalue weighted by Crippen LogP contribution is 2.26. The van der Waals surface area contributed by atoms with E-state index < -0.39 is 5.82 Å². The van der Waals surface area contributed by atoms with Crippen molar-refractivity contribution >= 4 is 23.5 Å². The quantitative estimate of drug-likeness (QED) is 0.865. The number of aliphatic imine (C=N–C) groups is 1.